The van der Waals surface area contributed by atoms with Crippen LogP contribution in [0.15, 0.2) is 24.3 Å². The number of nitrogens with zero attached hydrogens (tertiary/aromatic N) is 1. The van der Waals surface area contributed by atoms with Gasteiger partial charge in [-0.15, -0.1) is 12.4 Å². The minimum absolute atomic E-state index is 0. The van der Waals surface area contributed by atoms with Crippen LogP contribution in [-0.2, 0) is 0 Å². The Hall–Kier alpha value is -0.730. The molecule has 1 saturated heterocycles. The van der Waals surface area contributed by atoms with E-state index in [2.05, 4.69) is 43.1 Å². The maximum Gasteiger partial charge on any atom is 0.119 e. The molecule has 2 rings (SSSR count). The molecule has 0 aromatic heterocycles. The molecule has 1 heterocycles. The molecule has 0 aliphatic carbocycles. The van der Waals surface area contributed by atoms with Crippen molar-refractivity contribution in [3.63, 3.8) is 0 Å². The van der Waals surface area contributed by atoms with E-state index in [-0.39, 0.29) is 12.4 Å². The van der Waals surface area contributed by atoms with Gasteiger partial charge in [0.2, 0.25) is 0 Å². The van der Waals surface area contributed by atoms with Gasteiger partial charge in [0.25, 0.3) is 0 Å². The molecule has 96 valence electrons. The third kappa shape index (κ3) is 4.57. The topological polar surface area (TPSA) is 12.5 Å². The van der Waals surface area contributed by atoms with Crippen LogP contribution in [0, 0.1) is 12.8 Å². The highest BCUT2D eigenvalue weighted by atomic mass is 35.5. The number of benzene rings is 1. The largest absolute Gasteiger partial charge is 0.493 e. The Morgan fingerprint density at radius 3 is 2.65 bits per heavy atom. The number of aryl methyl sites for hydroxylation is 1. The van der Waals surface area contributed by atoms with E-state index < -0.39 is 0 Å². The molecule has 1 atom stereocenters. The van der Waals surface area contributed by atoms with E-state index in [1.807, 2.05) is 0 Å². The van der Waals surface area contributed by atoms with E-state index in [1.54, 1.807) is 0 Å². The molecule has 0 saturated carbocycles. The van der Waals surface area contributed by atoms with E-state index in [0.717, 1.165) is 12.4 Å². The molecule has 0 amide bonds. The van der Waals surface area contributed by atoms with Crippen LogP contribution >= 0.6 is 12.4 Å². The predicted molar refractivity (Wildman–Crippen MR) is 74.1 cm³/mol. The number of hydrogen-bond acceptors (Lipinski definition) is 2. The average molecular weight is 256 g/mol. The quantitative estimate of drug-likeness (QED) is 0.823. The highest BCUT2D eigenvalue weighted by Gasteiger charge is 2.17. The van der Waals surface area contributed by atoms with E-state index in [1.165, 1.54) is 31.5 Å². The standard InChI is InChI=1S/C14H21NO.ClH/c1-12-5-7-14(8-6-12)16-11-13-4-3-9-15(2)10-13;/h5-8,13H,3-4,9-11H2,1-2H3;1H. The minimum Gasteiger partial charge on any atom is -0.493 e. The minimum atomic E-state index is 0. The summed E-state index contributed by atoms with van der Waals surface area (Å²) in [5.41, 5.74) is 1.28. The second kappa shape index (κ2) is 6.87. The van der Waals surface area contributed by atoms with Gasteiger partial charge in [-0.1, -0.05) is 17.7 Å². The fourth-order valence-electron chi connectivity index (χ4n) is 2.26. The van der Waals surface area contributed by atoms with Gasteiger partial charge in [0.1, 0.15) is 5.75 Å². The Morgan fingerprint density at radius 2 is 2.00 bits per heavy atom. The van der Waals surface area contributed by atoms with Gasteiger partial charge < -0.3 is 9.64 Å². The van der Waals surface area contributed by atoms with Crippen LogP contribution in [0.3, 0.4) is 0 Å². The van der Waals surface area contributed by atoms with Gasteiger partial charge in [-0.25, -0.2) is 0 Å². The Kier molecular flexibility index (Phi) is 5.79. The van der Waals surface area contributed by atoms with Crippen molar-refractivity contribution in [2.24, 2.45) is 5.92 Å². The highest BCUT2D eigenvalue weighted by molar-refractivity contribution is 5.85. The molecular formula is C14H22ClNO. The zero-order valence-electron chi connectivity index (χ0n) is 10.7. The first-order valence-corrected chi connectivity index (χ1v) is 6.12. The van der Waals surface area contributed by atoms with Crippen LogP contribution in [0.5, 0.6) is 5.75 Å². The lowest BCUT2D eigenvalue weighted by atomic mass is 10.00. The summed E-state index contributed by atoms with van der Waals surface area (Å²) in [5, 5.41) is 0. The van der Waals surface area contributed by atoms with Crippen molar-refractivity contribution in [1.29, 1.82) is 0 Å². The molecule has 1 aliphatic heterocycles. The SMILES string of the molecule is Cc1ccc(OCC2CCCN(C)C2)cc1.Cl. The van der Waals surface area contributed by atoms with Crippen LogP contribution in [0.1, 0.15) is 18.4 Å². The van der Waals surface area contributed by atoms with Gasteiger partial charge in [-0.3, -0.25) is 0 Å². The Balaban J connectivity index is 0.00000144. The Morgan fingerprint density at radius 1 is 1.29 bits per heavy atom. The summed E-state index contributed by atoms with van der Waals surface area (Å²) in [7, 11) is 2.19. The lowest BCUT2D eigenvalue weighted by Crippen LogP contribution is -2.34. The molecule has 1 aromatic carbocycles. The van der Waals surface area contributed by atoms with Crippen LogP contribution in [0.4, 0.5) is 0 Å². The van der Waals surface area contributed by atoms with Crippen LogP contribution in [0.2, 0.25) is 0 Å². The summed E-state index contributed by atoms with van der Waals surface area (Å²) >= 11 is 0. The third-order valence-electron chi connectivity index (χ3n) is 3.23. The summed E-state index contributed by atoms with van der Waals surface area (Å²) in [6.45, 7) is 5.36. The first-order valence-electron chi connectivity index (χ1n) is 6.12. The van der Waals surface area contributed by atoms with Crippen molar-refractivity contribution in [2.45, 2.75) is 19.8 Å². The van der Waals surface area contributed by atoms with E-state index in [4.69, 9.17) is 4.74 Å². The van der Waals surface area contributed by atoms with Crippen LogP contribution < -0.4 is 4.74 Å². The van der Waals surface area contributed by atoms with Crippen molar-refractivity contribution in [3.05, 3.63) is 29.8 Å². The van der Waals surface area contributed by atoms with Crippen molar-refractivity contribution in [1.82, 2.24) is 4.90 Å². The molecule has 0 radical (unpaired) electrons. The zero-order chi connectivity index (χ0) is 11.4. The van der Waals surface area contributed by atoms with E-state index in [0.29, 0.717) is 5.92 Å². The van der Waals surface area contributed by atoms with Crippen molar-refractivity contribution >= 4 is 12.4 Å². The third-order valence-corrected chi connectivity index (χ3v) is 3.23. The number of hydrogen-bond donors (Lipinski definition) is 0. The normalized spacial score (nSPS) is 20.7. The lowest BCUT2D eigenvalue weighted by Gasteiger charge is -2.29. The van der Waals surface area contributed by atoms with Crippen molar-refractivity contribution in [3.8, 4) is 5.75 Å². The molecule has 17 heavy (non-hydrogen) atoms. The molecule has 0 spiro atoms. The van der Waals surface area contributed by atoms with E-state index in [9.17, 15) is 0 Å². The number of likely N-dealkylation sites (tertiary alicyclic amines) is 1. The van der Waals surface area contributed by atoms with Crippen molar-refractivity contribution in [2.75, 3.05) is 26.7 Å². The Labute approximate surface area is 110 Å². The van der Waals surface area contributed by atoms with Gasteiger partial charge in [0.15, 0.2) is 0 Å². The summed E-state index contributed by atoms with van der Waals surface area (Å²) < 4.78 is 5.82. The Bertz CT molecular complexity index is 325. The summed E-state index contributed by atoms with van der Waals surface area (Å²) in [6, 6.07) is 8.31. The molecule has 0 N–H and O–H groups in total. The molecule has 3 heteroatoms. The first kappa shape index (κ1) is 14.3. The number of halogens is 1. The highest BCUT2D eigenvalue weighted by Crippen LogP contribution is 2.18. The van der Waals surface area contributed by atoms with Gasteiger partial charge >= 0.3 is 0 Å². The molecule has 1 fully saturated rings. The molecule has 1 aliphatic rings. The fraction of sp³-hybridized carbons (Fsp3) is 0.571. The van der Waals surface area contributed by atoms with Gasteiger partial charge in [0, 0.05) is 12.5 Å². The van der Waals surface area contributed by atoms with E-state index >= 15 is 0 Å². The second-order valence-corrected chi connectivity index (χ2v) is 4.89. The predicted octanol–water partition coefficient (Wildman–Crippen LogP) is 3.14. The molecule has 1 aromatic rings. The lowest BCUT2D eigenvalue weighted by molar-refractivity contribution is 0.150. The maximum atomic E-state index is 5.82. The molecule has 1 unspecified atom stereocenters. The molecular weight excluding hydrogens is 234 g/mol. The van der Waals surface area contributed by atoms with Crippen LogP contribution in [-0.4, -0.2) is 31.6 Å². The summed E-state index contributed by atoms with van der Waals surface area (Å²) in [4.78, 5) is 2.40. The number of rotatable bonds is 3. The fourth-order valence-corrected chi connectivity index (χ4v) is 2.26. The second-order valence-electron chi connectivity index (χ2n) is 4.89. The number of ether oxygens (including phenoxy) is 1. The smallest absolute Gasteiger partial charge is 0.119 e. The van der Waals surface area contributed by atoms with Gasteiger partial charge in [0.05, 0.1) is 6.61 Å². The van der Waals surface area contributed by atoms with Crippen LogP contribution in [0.25, 0.3) is 0 Å². The number of piperidine rings is 1. The average Bonchev–Trinajstić information content (AvgIpc) is 2.28. The monoisotopic (exact) mass is 255 g/mol. The summed E-state index contributed by atoms with van der Waals surface area (Å²) in [6.07, 6.45) is 2.61. The molecule has 0 bridgehead atoms. The van der Waals surface area contributed by atoms with Gasteiger partial charge in [-0.2, -0.15) is 0 Å². The van der Waals surface area contributed by atoms with Crippen molar-refractivity contribution < 1.29 is 4.74 Å². The zero-order valence-corrected chi connectivity index (χ0v) is 11.5. The van der Waals surface area contributed by atoms with Gasteiger partial charge in [-0.05, 0) is 45.5 Å². The maximum absolute atomic E-state index is 5.82. The first-order chi connectivity index (χ1) is 7.74. The summed E-state index contributed by atoms with van der Waals surface area (Å²) in [5.74, 6) is 1.69. The molecule has 2 nitrogen and oxygen atoms in total.